The lowest BCUT2D eigenvalue weighted by atomic mass is 9.90. The molecule has 0 aromatic carbocycles. The third kappa shape index (κ3) is 3.77. The fraction of sp³-hybridized carbons (Fsp3) is 0.714. The third-order valence-corrected chi connectivity index (χ3v) is 3.60. The van der Waals surface area contributed by atoms with Gasteiger partial charge in [0.25, 0.3) is 0 Å². The van der Waals surface area contributed by atoms with Gasteiger partial charge in [-0.1, -0.05) is 32.1 Å². The Labute approximate surface area is 104 Å². The highest BCUT2D eigenvalue weighted by Crippen LogP contribution is 2.28. The molecule has 0 radical (unpaired) electrons. The van der Waals surface area contributed by atoms with Crippen molar-refractivity contribution in [3.63, 3.8) is 0 Å². The molecule has 1 fully saturated rings. The lowest BCUT2D eigenvalue weighted by Crippen LogP contribution is -2.10. The van der Waals surface area contributed by atoms with Crippen LogP contribution in [0.4, 0.5) is 0 Å². The first-order valence-electron chi connectivity index (χ1n) is 6.92. The maximum Gasteiger partial charge on any atom is 0.131 e. The fourth-order valence-corrected chi connectivity index (χ4v) is 2.61. The number of nitrogens with zero attached hydrogens (tertiary/aromatic N) is 2. The fourth-order valence-electron chi connectivity index (χ4n) is 2.61. The zero-order valence-electron chi connectivity index (χ0n) is 10.6. The predicted molar refractivity (Wildman–Crippen MR) is 69.9 cm³/mol. The summed E-state index contributed by atoms with van der Waals surface area (Å²) in [7, 11) is 0. The first-order valence-corrected chi connectivity index (χ1v) is 6.92. The summed E-state index contributed by atoms with van der Waals surface area (Å²) in [6, 6.07) is 1.99. The van der Waals surface area contributed by atoms with Crippen molar-refractivity contribution in [2.45, 2.75) is 57.3 Å². The standard InChI is InChI=1S/C14H23N3/c15-10-8-13-9-11-16-14(17-13)12-6-4-2-1-3-5-7-12/h9,11-12H,1-8,10,15H2. The second-order valence-electron chi connectivity index (χ2n) is 4.99. The van der Waals surface area contributed by atoms with Crippen molar-refractivity contribution in [1.29, 1.82) is 0 Å². The molecule has 94 valence electrons. The molecule has 1 heterocycles. The summed E-state index contributed by atoms with van der Waals surface area (Å²) in [6.07, 6.45) is 12.1. The van der Waals surface area contributed by atoms with Crippen molar-refractivity contribution < 1.29 is 0 Å². The predicted octanol–water partition coefficient (Wildman–Crippen LogP) is 2.81. The summed E-state index contributed by atoms with van der Waals surface area (Å²) in [5, 5.41) is 0. The molecule has 0 amide bonds. The molecule has 1 aliphatic carbocycles. The molecule has 0 aliphatic heterocycles. The molecular weight excluding hydrogens is 210 g/mol. The zero-order chi connectivity index (χ0) is 11.9. The van der Waals surface area contributed by atoms with Gasteiger partial charge in [-0.15, -0.1) is 0 Å². The van der Waals surface area contributed by atoms with Crippen LogP contribution in [-0.2, 0) is 6.42 Å². The van der Waals surface area contributed by atoms with E-state index in [2.05, 4.69) is 9.97 Å². The monoisotopic (exact) mass is 233 g/mol. The van der Waals surface area contributed by atoms with Crippen LogP contribution in [0.15, 0.2) is 12.3 Å². The number of rotatable bonds is 3. The average Bonchev–Trinajstić information content (AvgIpc) is 2.29. The molecule has 3 nitrogen and oxygen atoms in total. The Hall–Kier alpha value is -0.960. The van der Waals surface area contributed by atoms with Crippen molar-refractivity contribution in [2.75, 3.05) is 6.54 Å². The van der Waals surface area contributed by atoms with Crippen LogP contribution in [-0.4, -0.2) is 16.5 Å². The van der Waals surface area contributed by atoms with Gasteiger partial charge in [-0.05, 0) is 25.5 Å². The number of hydrogen-bond donors (Lipinski definition) is 1. The van der Waals surface area contributed by atoms with Crippen LogP contribution in [0.2, 0.25) is 0 Å². The van der Waals surface area contributed by atoms with Gasteiger partial charge in [-0.3, -0.25) is 0 Å². The molecule has 0 spiro atoms. The van der Waals surface area contributed by atoms with E-state index in [0.717, 1.165) is 17.9 Å². The minimum absolute atomic E-state index is 0.577. The minimum atomic E-state index is 0.577. The van der Waals surface area contributed by atoms with Gasteiger partial charge in [-0.25, -0.2) is 9.97 Å². The van der Waals surface area contributed by atoms with Crippen molar-refractivity contribution in [2.24, 2.45) is 5.73 Å². The smallest absolute Gasteiger partial charge is 0.131 e. The molecule has 17 heavy (non-hydrogen) atoms. The number of nitrogens with two attached hydrogens (primary N) is 1. The molecule has 0 saturated heterocycles. The minimum Gasteiger partial charge on any atom is -0.330 e. The SMILES string of the molecule is NCCc1ccnc(C2CCCCCCC2)n1. The van der Waals surface area contributed by atoms with Crippen LogP contribution in [0.1, 0.15) is 62.4 Å². The molecule has 0 bridgehead atoms. The quantitative estimate of drug-likeness (QED) is 0.873. The van der Waals surface area contributed by atoms with E-state index in [1.54, 1.807) is 0 Å². The van der Waals surface area contributed by atoms with Crippen molar-refractivity contribution in [1.82, 2.24) is 9.97 Å². The normalized spacial score (nSPS) is 18.6. The molecule has 1 saturated carbocycles. The number of hydrogen-bond acceptors (Lipinski definition) is 3. The Morgan fingerprint density at radius 2 is 1.82 bits per heavy atom. The lowest BCUT2D eigenvalue weighted by molar-refractivity contribution is 0.441. The number of aromatic nitrogens is 2. The van der Waals surface area contributed by atoms with Gasteiger partial charge in [0.1, 0.15) is 5.82 Å². The van der Waals surface area contributed by atoms with Gasteiger partial charge in [0, 0.05) is 24.2 Å². The zero-order valence-corrected chi connectivity index (χ0v) is 10.6. The van der Waals surface area contributed by atoms with Gasteiger partial charge in [0.05, 0.1) is 0 Å². The maximum absolute atomic E-state index is 5.57. The first-order chi connectivity index (χ1) is 8.40. The van der Waals surface area contributed by atoms with E-state index in [1.165, 1.54) is 44.9 Å². The third-order valence-electron chi connectivity index (χ3n) is 3.60. The Kier molecular flexibility index (Phi) is 4.92. The van der Waals surface area contributed by atoms with Gasteiger partial charge in [-0.2, -0.15) is 0 Å². The van der Waals surface area contributed by atoms with E-state index in [1.807, 2.05) is 12.3 Å². The van der Waals surface area contributed by atoms with Crippen molar-refractivity contribution in [3.05, 3.63) is 23.8 Å². The molecule has 3 heteroatoms. The van der Waals surface area contributed by atoms with Gasteiger partial charge in [0.2, 0.25) is 0 Å². The summed E-state index contributed by atoms with van der Waals surface area (Å²) in [6.45, 7) is 0.668. The van der Waals surface area contributed by atoms with Gasteiger partial charge < -0.3 is 5.73 Å². The first kappa shape index (κ1) is 12.5. The average molecular weight is 233 g/mol. The van der Waals surface area contributed by atoms with Crippen LogP contribution in [0.25, 0.3) is 0 Å². The van der Waals surface area contributed by atoms with Crippen LogP contribution in [0.5, 0.6) is 0 Å². The molecule has 0 unspecified atom stereocenters. The molecule has 0 atom stereocenters. The van der Waals surface area contributed by atoms with Crippen LogP contribution >= 0.6 is 0 Å². The van der Waals surface area contributed by atoms with Crippen LogP contribution in [0, 0.1) is 0 Å². The molecule has 1 aliphatic rings. The summed E-state index contributed by atoms with van der Waals surface area (Å²) >= 11 is 0. The Balaban J connectivity index is 2.05. The molecule has 1 aromatic rings. The maximum atomic E-state index is 5.57. The lowest BCUT2D eigenvalue weighted by Gasteiger charge is -2.18. The van der Waals surface area contributed by atoms with Crippen LogP contribution in [0.3, 0.4) is 0 Å². The molecular formula is C14H23N3. The van der Waals surface area contributed by atoms with E-state index >= 15 is 0 Å². The van der Waals surface area contributed by atoms with E-state index in [9.17, 15) is 0 Å². The highest BCUT2D eigenvalue weighted by Gasteiger charge is 2.16. The van der Waals surface area contributed by atoms with E-state index in [4.69, 9.17) is 5.73 Å². The largest absolute Gasteiger partial charge is 0.330 e. The summed E-state index contributed by atoms with van der Waals surface area (Å²) in [5.41, 5.74) is 6.67. The second kappa shape index (κ2) is 6.70. The molecule has 2 rings (SSSR count). The molecule has 1 aromatic heterocycles. The van der Waals surface area contributed by atoms with Gasteiger partial charge >= 0.3 is 0 Å². The summed E-state index contributed by atoms with van der Waals surface area (Å²) in [4.78, 5) is 9.13. The highest BCUT2D eigenvalue weighted by molar-refractivity contribution is 5.06. The van der Waals surface area contributed by atoms with E-state index < -0.39 is 0 Å². The molecule has 2 N–H and O–H groups in total. The van der Waals surface area contributed by atoms with Crippen LogP contribution < -0.4 is 5.73 Å². The Morgan fingerprint density at radius 3 is 2.53 bits per heavy atom. The second-order valence-corrected chi connectivity index (χ2v) is 4.99. The summed E-state index contributed by atoms with van der Waals surface area (Å²) < 4.78 is 0. The van der Waals surface area contributed by atoms with Crippen molar-refractivity contribution >= 4 is 0 Å². The topological polar surface area (TPSA) is 51.8 Å². The Bertz CT molecular complexity index is 330. The van der Waals surface area contributed by atoms with E-state index in [-0.39, 0.29) is 0 Å². The van der Waals surface area contributed by atoms with E-state index in [0.29, 0.717) is 12.5 Å². The van der Waals surface area contributed by atoms with Gasteiger partial charge in [0.15, 0.2) is 0 Å². The summed E-state index contributed by atoms with van der Waals surface area (Å²) in [5.74, 6) is 1.63. The highest BCUT2D eigenvalue weighted by atomic mass is 14.9. The van der Waals surface area contributed by atoms with Crippen molar-refractivity contribution in [3.8, 4) is 0 Å². The Morgan fingerprint density at radius 1 is 1.12 bits per heavy atom.